The lowest BCUT2D eigenvalue weighted by Crippen LogP contribution is -2.24. The van der Waals surface area contributed by atoms with Gasteiger partial charge < -0.3 is 19.5 Å². The van der Waals surface area contributed by atoms with Crippen LogP contribution in [0.3, 0.4) is 0 Å². The lowest BCUT2D eigenvalue weighted by Gasteiger charge is -2.14. The molecule has 1 aromatic carbocycles. The highest BCUT2D eigenvalue weighted by Gasteiger charge is 2.34. The zero-order valence-electron chi connectivity index (χ0n) is 9.66. The van der Waals surface area contributed by atoms with Crippen LogP contribution in [-0.2, 0) is 4.74 Å². The van der Waals surface area contributed by atoms with E-state index in [1.807, 2.05) is 4.57 Å². The van der Waals surface area contributed by atoms with E-state index in [1.165, 1.54) is 12.1 Å². The van der Waals surface area contributed by atoms with Gasteiger partial charge in [0.05, 0.1) is 18.2 Å². The number of nitrogens with zero attached hydrogens (tertiary/aromatic N) is 1. The molecule has 1 fully saturated rings. The Labute approximate surface area is 103 Å². The van der Waals surface area contributed by atoms with Gasteiger partial charge >= 0.3 is 0 Å². The third-order valence-electron chi connectivity index (χ3n) is 3.38. The minimum absolute atomic E-state index is 0.203. The zero-order chi connectivity index (χ0) is 12.7. The Morgan fingerprint density at radius 2 is 2.22 bits per heavy atom. The van der Waals surface area contributed by atoms with E-state index < -0.39 is 12.2 Å². The molecule has 2 heterocycles. The molecule has 1 saturated heterocycles. The number of halogens is 1. The Morgan fingerprint density at radius 3 is 2.94 bits per heavy atom. The van der Waals surface area contributed by atoms with Gasteiger partial charge in [0, 0.05) is 18.0 Å². The number of hydrogen-bond donors (Lipinski definition) is 2. The van der Waals surface area contributed by atoms with Crippen LogP contribution in [0.2, 0.25) is 0 Å². The average Bonchev–Trinajstić information content (AvgIpc) is 2.91. The second-order valence-corrected chi connectivity index (χ2v) is 4.54. The van der Waals surface area contributed by atoms with Gasteiger partial charge in [0.1, 0.15) is 18.1 Å². The summed E-state index contributed by atoms with van der Waals surface area (Å²) in [6.45, 7) is -0.203. The molecule has 0 unspecified atom stereocenters. The fourth-order valence-electron chi connectivity index (χ4n) is 2.44. The van der Waals surface area contributed by atoms with Gasteiger partial charge in [-0.3, -0.25) is 0 Å². The number of hydrogen-bond acceptors (Lipinski definition) is 3. The molecule has 3 atom stereocenters. The van der Waals surface area contributed by atoms with Gasteiger partial charge in [-0.1, -0.05) is 0 Å². The van der Waals surface area contributed by atoms with Crippen LogP contribution in [-0.4, -0.2) is 33.6 Å². The van der Waals surface area contributed by atoms with Crippen molar-refractivity contribution in [2.45, 2.75) is 24.9 Å². The van der Waals surface area contributed by atoms with Crippen LogP contribution in [0.15, 0.2) is 30.5 Å². The van der Waals surface area contributed by atoms with E-state index in [2.05, 4.69) is 0 Å². The van der Waals surface area contributed by atoms with Crippen LogP contribution < -0.4 is 0 Å². The van der Waals surface area contributed by atoms with Gasteiger partial charge in [0.15, 0.2) is 0 Å². The van der Waals surface area contributed by atoms with Crippen LogP contribution >= 0.6 is 0 Å². The number of fused-ring (bicyclic) bond motifs is 1. The maximum Gasteiger partial charge on any atom is 0.137 e. The smallest absolute Gasteiger partial charge is 0.137 e. The topological polar surface area (TPSA) is 54.6 Å². The van der Waals surface area contributed by atoms with Crippen molar-refractivity contribution in [1.29, 1.82) is 0 Å². The van der Waals surface area contributed by atoms with Gasteiger partial charge in [0.2, 0.25) is 0 Å². The molecule has 1 aliphatic heterocycles. The maximum absolute atomic E-state index is 13.1. The summed E-state index contributed by atoms with van der Waals surface area (Å²) < 4.78 is 20.5. The van der Waals surface area contributed by atoms with Crippen molar-refractivity contribution in [3.8, 4) is 0 Å². The molecular weight excluding hydrogens is 237 g/mol. The van der Waals surface area contributed by atoms with E-state index >= 15 is 0 Å². The summed E-state index contributed by atoms with van der Waals surface area (Å²) in [6, 6.07) is 6.35. The molecule has 2 aromatic rings. The van der Waals surface area contributed by atoms with Crippen LogP contribution in [0.25, 0.3) is 10.9 Å². The molecule has 4 nitrogen and oxygen atoms in total. The summed E-state index contributed by atoms with van der Waals surface area (Å²) in [5, 5.41) is 19.6. The second kappa shape index (κ2) is 4.35. The first kappa shape index (κ1) is 11.6. The number of aromatic nitrogens is 1. The average molecular weight is 251 g/mol. The molecule has 0 spiro atoms. The number of benzene rings is 1. The third-order valence-corrected chi connectivity index (χ3v) is 3.38. The number of aliphatic hydroxyl groups excluding tert-OH is 2. The lowest BCUT2D eigenvalue weighted by molar-refractivity contribution is -0.0428. The zero-order valence-corrected chi connectivity index (χ0v) is 9.66. The van der Waals surface area contributed by atoms with Gasteiger partial charge in [0.25, 0.3) is 0 Å². The first-order valence-electron chi connectivity index (χ1n) is 5.89. The summed E-state index contributed by atoms with van der Waals surface area (Å²) >= 11 is 0. The standard InChI is InChI=1S/C13H14FNO3/c14-9-1-2-10-8(5-9)3-4-15(10)13-6-11(17)12(7-16)18-13/h1-5,11-13,16-17H,6-7H2/t11-,12+,13-/m0/s1. The van der Waals surface area contributed by atoms with E-state index in [4.69, 9.17) is 9.84 Å². The van der Waals surface area contributed by atoms with E-state index in [0.717, 1.165) is 10.9 Å². The number of rotatable bonds is 2. The Morgan fingerprint density at radius 1 is 1.39 bits per heavy atom. The number of ether oxygens (including phenoxy) is 1. The van der Waals surface area contributed by atoms with E-state index in [-0.39, 0.29) is 18.7 Å². The van der Waals surface area contributed by atoms with Crippen LogP contribution in [0.4, 0.5) is 4.39 Å². The molecule has 3 rings (SSSR count). The molecule has 2 N–H and O–H groups in total. The molecule has 0 radical (unpaired) electrons. The fourth-order valence-corrected chi connectivity index (χ4v) is 2.44. The quantitative estimate of drug-likeness (QED) is 0.848. The minimum Gasteiger partial charge on any atom is -0.394 e. The van der Waals surface area contributed by atoms with Crippen molar-refractivity contribution in [1.82, 2.24) is 4.57 Å². The predicted molar refractivity (Wildman–Crippen MR) is 63.5 cm³/mol. The van der Waals surface area contributed by atoms with E-state index in [0.29, 0.717) is 6.42 Å². The summed E-state index contributed by atoms with van der Waals surface area (Å²) in [5.41, 5.74) is 0.854. The Balaban J connectivity index is 1.96. The maximum atomic E-state index is 13.1. The normalized spacial score (nSPS) is 28.1. The fraction of sp³-hybridized carbons (Fsp3) is 0.385. The predicted octanol–water partition coefficient (Wildman–Crippen LogP) is 1.42. The van der Waals surface area contributed by atoms with E-state index in [9.17, 15) is 9.50 Å². The van der Waals surface area contributed by atoms with Gasteiger partial charge in [-0.05, 0) is 24.3 Å². The molecule has 1 aromatic heterocycles. The van der Waals surface area contributed by atoms with Crippen LogP contribution in [0.5, 0.6) is 0 Å². The molecule has 18 heavy (non-hydrogen) atoms. The lowest BCUT2D eigenvalue weighted by atomic mass is 10.2. The molecule has 0 aliphatic carbocycles. The summed E-state index contributed by atoms with van der Waals surface area (Å²) in [6.07, 6.45) is 0.694. The Kier molecular flexibility index (Phi) is 2.81. The van der Waals surface area contributed by atoms with E-state index in [1.54, 1.807) is 18.3 Å². The van der Waals surface area contributed by atoms with Gasteiger partial charge in [-0.2, -0.15) is 0 Å². The summed E-state index contributed by atoms with van der Waals surface area (Å²) in [5.74, 6) is -0.277. The van der Waals surface area contributed by atoms with Crippen molar-refractivity contribution in [2.75, 3.05) is 6.61 Å². The Bertz CT molecular complexity index is 568. The minimum atomic E-state index is -0.669. The van der Waals surface area contributed by atoms with Crippen LogP contribution in [0, 0.1) is 5.82 Å². The SMILES string of the molecule is OC[C@H]1O[C@H](n2ccc3cc(F)ccc32)C[C@@H]1O. The molecule has 0 amide bonds. The van der Waals surface area contributed by atoms with Crippen molar-refractivity contribution >= 4 is 10.9 Å². The van der Waals surface area contributed by atoms with Crippen molar-refractivity contribution in [3.05, 3.63) is 36.3 Å². The monoisotopic (exact) mass is 251 g/mol. The van der Waals surface area contributed by atoms with Crippen molar-refractivity contribution < 1.29 is 19.3 Å². The molecule has 0 saturated carbocycles. The van der Waals surface area contributed by atoms with Gasteiger partial charge in [-0.25, -0.2) is 4.39 Å². The molecule has 1 aliphatic rings. The highest BCUT2D eigenvalue weighted by atomic mass is 19.1. The Hall–Kier alpha value is -1.43. The second-order valence-electron chi connectivity index (χ2n) is 4.54. The molecule has 0 bridgehead atoms. The van der Waals surface area contributed by atoms with Crippen LogP contribution in [0.1, 0.15) is 12.6 Å². The number of aliphatic hydroxyl groups is 2. The molecular formula is C13H14FNO3. The molecule has 96 valence electrons. The largest absolute Gasteiger partial charge is 0.394 e. The van der Waals surface area contributed by atoms with Crippen molar-refractivity contribution in [3.63, 3.8) is 0 Å². The molecule has 5 heteroatoms. The highest BCUT2D eigenvalue weighted by Crippen LogP contribution is 2.31. The van der Waals surface area contributed by atoms with Crippen molar-refractivity contribution in [2.24, 2.45) is 0 Å². The van der Waals surface area contributed by atoms with Gasteiger partial charge in [-0.15, -0.1) is 0 Å². The third kappa shape index (κ3) is 1.80. The highest BCUT2D eigenvalue weighted by molar-refractivity contribution is 5.80. The first-order chi connectivity index (χ1) is 8.69. The first-order valence-corrected chi connectivity index (χ1v) is 5.89. The summed E-state index contributed by atoms with van der Waals surface area (Å²) in [4.78, 5) is 0. The summed E-state index contributed by atoms with van der Waals surface area (Å²) in [7, 11) is 0.